The van der Waals surface area contributed by atoms with Gasteiger partial charge in [0.1, 0.15) is 28.0 Å². The number of ether oxygens (including phenoxy) is 4. The Morgan fingerprint density at radius 2 is 1.26 bits per heavy atom. The number of hydrogen-bond acceptors (Lipinski definition) is 14. The summed E-state index contributed by atoms with van der Waals surface area (Å²) in [5.74, 6) is -4.01. The number of carbonyl (C=O) groups is 2. The van der Waals surface area contributed by atoms with E-state index in [1.807, 2.05) is 0 Å². The molecule has 2 aliphatic heterocycles. The van der Waals surface area contributed by atoms with Gasteiger partial charge in [-0.25, -0.2) is 8.42 Å². The molecule has 2 fully saturated rings. The number of methoxy groups -OCH3 is 1. The van der Waals surface area contributed by atoms with Crippen LogP contribution < -0.4 is 69.5 Å². The van der Waals surface area contributed by atoms with E-state index in [1.54, 1.807) is 27.7 Å². The van der Waals surface area contributed by atoms with Crippen molar-refractivity contribution < 1.29 is 125 Å². The monoisotopic (exact) mass is 701 g/mol. The van der Waals surface area contributed by atoms with E-state index in [0.717, 1.165) is 20.8 Å². The second-order valence-electron chi connectivity index (χ2n) is 14.3. The molecule has 0 radical (unpaired) electrons. The molecular formula is C28H49NNa2O14S. The Bertz CT molecular complexity index is 1280. The van der Waals surface area contributed by atoms with Crippen molar-refractivity contribution in [1.82, 2.24) is 5.32 Å². The van der Waals surface area contributed by atoms with Crippen molar-refractivity contribution in [1.29, 1.82) is 0 Å². The van der Waals surface area contributed by atoms with E-state index < -0.39 is 91.3 Å². The van der Waals surface area contributed by atoms with Gasteiger partial charge in [0.05, 0.1) is 36.9 Å². The van der Waals surface area contributed by atoms with E-state index in [0.29, 0.717) is 0 Å². The van der Waals surface area contributed by atoms with Crippen LogP contribution in [0.1, 0.15) is 83.1 Å². The molecule has 4 N–H and O–H groups in total. The number of rotatable bonds is 10. The first-order chi connectivity index (χ1) is 19.2. The van der Waals surface area contributed by atoms with Crippen LogP contribution in [0.5, 0.6) is 0 Å². The smallest absolute Gasteiger partial charge is 0.726 e. The summed E-state index contributed by atoms with van der Waals surface area (Å²) >= 11 is 0. The Morgan fingerprint density at radius 1 is 0.783 bits per heavy atom. The van der Waals surface area contributed by atoms with Crippen molar-refractivity contribution >= 4 is 22.3 Å². The van der Waals surface area contributed by atoms with E-state index >= 15 is 0 Å². The predicted molar refractivity (Wildman–Crippen MR) is 150 cm³/mol. The fraction of sp³-hybridized carbons (Fsp3) is 0.929. The zero-order valence-electron chi connectivity index (χ0n) is 29.9. The van der Waals surface area contributed by atoms with Gasteiger partial charge < -0.3 is 54.0 Å². The van der Waals surface area contributed by atoms with Gasteiger partial charge in [-0.2, -0.15) is 0 Å². The summed E-state index contributed by atoms with van der Waals surface area (Å²) in [5.41, 5.74) is -17.4. The van der Waals surface area contributed by atoms with Crippen LogP contribution in [0.3, 0.4) is 0 Å². The first kappa shape index (κ1) is 46.5. The molecule has 0 bridgehead atoms. The maximum atomic E-state index is 12.6. The summed E-state index contributed by atoms with van der Waals surface area (Å²) in [7, 11) is -3.83. The van der Waals surface area contributed by atoms with Crippen LogP contribution in [-0.2, 0) is 43.1 Å². The Kier molecular flexibility index (Phi) is 13.7. The number of aliphatic carboxylic acids is 1. The number of carboxylic acids is 1. The molecule has 2 heterocycles. The standard InChI is InChI=1S/C28H51NO14S.2Na/c1-17(30)29-24(8)20(4,19(2,3)21(5,16-41-44(36,37)38)43-28(24,12)39-13)14-40-15-22(6)25(9,33)27(11,35)26(10,34)23(7,42-22)18(31)32;;/h33-35H,14-16H2,1-13H3,(H,29,30)(H,31,32)(H,36,37,38);;/q;2*+1/p-2/t20-,21?,22?,23?,24+,25-,26-,27+,28?;;/m1../s1. The fourth-order valence-corrected chi connectivity index (χ4v) is 7.27. The number of carboxylic acid groups (broad SMARTS) is 1. The molecule has 2 rings (SSSR count). The van der Waals surface area contributed by atoms with Gasteiger partial charge in [0.2, 0.25) is 16.3 Å². The first-order valence-electron chi connectivity index (χ1n) is 14.1. The molecule has 15 nitrogen and oxygen atoms in total. The minimum atomic E-state index is -5.15. The van der Waals surface area contributed by atoms with E-state index in [2.05, 4.69) is 9.50 Å². The van der Waals surface area contributed by atoms with Gasteiger partial charge in [0.25, 0.3) is 0 Å². The molecular weight excluding hydrogens is 652 g/mol. The fourth-order valence-electron chi connectivity index (χ4n) is 6.90. The Morgan fingerprint density at radius 3 is 1.65 bits per heavy atom. The quantitative estimate of drug-likeness (QED) is 0.0942. The maximum Gasteiger partial charge on any atom is 1.00 e. The molecule has 1 amide bonds. The second kappa shape index (κ2) is 13.6. The average Bonchev–Trinajstić information content (AvgIpc) is 2.84. The van der Waals surface area contributed by atoms with Crippen LogP contribution >= 0.6 is 0 Å². The second-order valence-corrected chi connectivity index (χ2v) is 15.3. The van der Waals surface area contributed by atoms with Gasteiger partial charge in [-0.1, -0.05) is 20.8 Å². The van der Waals surface area contributed by atoms with Gasteiger partial charge in [0, 0.05) is 24.9 Å². The van der Waals surface area contributed by atoms with Crippen LogP contribution in [0.2, 0.25) is 0 Å². The first-order valence-corrected chi connectivity index (χ1v) is 15.4. The van der Waals surface area contributed by atoms with E-state index in [1.165, 1.54) is 41.7 Å². The van der Waals surface area contributed by atoms with Crippen molar-refractivity contribution in [3.63, 3.8) is 0 Å². The molecule has 0 aromatic heterocycles. The van der Waals surface area contributed by atoms with Crippen molar-refractivity contribution in [2.75, 3.05) is 26.9 Å². The zero-order chi connectivity index (χ0) is 35.0. The number of nitrogens with one attached hydrogen (secondary N) is 1. The minimum Gasteiger partial charge on any atom is -0.726 e. The van der Waals surface area contributed by atoms with Crippen LogP contribution in [0.4, 0.5) is 0 Å². The van der Waals surface area contributed by atoms with Gasteiger partial charge in [-0.3, -0.25) is 8.98 Å². The van der Waals surface area contributed by atoms with Gasteiger partial charge in [-0.15, -0.1) is 0 Å². The third-order valence-electron chi connectivity index (χ3n) is 11.9. The Labute approximate surface area is 316 Å². The van der Waals surface area contributed by atoms with Crippen LogP contribution in [0.25, 0.3) is 0 Å². The summed E-state index contributed by atoms with van der Waals surface area (Å²) in [5, 5.41) is 49.3. The average molecular weight is 702 g/mol. The third kappa shape index (κ3) is 6.55. The summed E-state index contributed by atoms with van der Waals surface area (Å²) in [6.07, 6.45) is 0. The van der Waals surface area contributed by atoms with Gasteiger partial charge >= 0.3 is 59.1 Å². The number of carbonyl (C=O) groups excluding carboxylic acids is 2. The summed E-state index contributed by atoms with van der Waals surface area (Å²) in [6, 6.07) is 0. The third-order valence-corrected chi connectivity index (χ3v) is 12.3. The normalized spacial score (nSPS) is 45.6. The molecule has 2 saturated heterocycles. The molecule has 0 aromatic rings. The summed E-state index contributed by atoms with van der Waals surface area (Å²) < 4.78 is 63.3. The van der Waals surface area contributed by atoms with Crippen molar-refractivity contribution in [3.8, 4) is 0 Å². The SMILES string of the molecule is COC1(C)OC(C)(COS(=O)(=O)[O-])C(C)(C)[C@@](C)(COCC2(C)OC(C)(C(=O)[O-])[C@@](C)(O)[C@@](C)(O)[C@]2(C)O)[C@]1(C)NC(C)=O.[Na+].[Na+]. The summed E-state index contributed by atoms with van der Waals surface area (Å²) in [4.78, 5) is 24.8. The minimum absolute atomic E-state index is 0. The topological polar surface area (TPSA) is 233 Å². The zero-order valence-corrected chi connectivity index (χ0v) is 34.7. The summed E-state index contributed by atoms with van der Waals surface area (Å²) in [6.45, 7) is 15.0. The molecule has 2 aliphatic rings. The van der Waals surface area contributed by atoms with Crippen molar-refractivity contribution in [2.24, 2.45) is 10.8 Å². The molecule has 0 aliphatic carbocycles. The molecule has 9 atom stereocenters. The molecule has 258 valence electrons. The largest absolute Gasteiger partial charge is 1.00 e. The molecule has 18 heteroatoms. The van der Waals surface area contributed by atoms with Crippen molar-refractivity contribution in [3.05, 3.63) is 0 Å². The van der Waals surface area contributed by atoms with Crippen molar-refractivity contribution in [2.45, 2.75) is 128 Å². The van der Waals surface area contributed by atoms with Crippen LogP contribution in [0.15, 0.2) is 0 Å². The predicted octanol–water partition coefficient (Wildman–Crippen LogP) is -6.88. The number of aliphatic hydroxyl groups is 3. The van der Waals surface area contributed by atoms with Gasteiger partial charge in [-0.05, 0) is 55.4 Å². The molecule has 0 saturated carbocycles. The number of amides is 1. The Balaban J connectivity index is 0.0000101. The molecule has 46 heavy (non-hydrogen) atoms. The number of hydrogen-bond donors (Lipinski definition) is 4. The van der Waals surface area contributed by atoms with E-state index in [-0.39, 0.29) is 65.7 Å². The van der Waals surface area contributed by atoms with Crippen LogP contribution in [-0.4, -0.2) is 112 Å². The van der Waals surface area contributed by atoms with E-state index in [4.69, 9.17) is 18.9 Å². The Hall–Kier alpha value is 0.530. The van der Waals surface area contributed by atoms with E-state index in [9.17, 15) is 43.0 Å². The molecule has 0 spiro atoms. The van der Waals surface area contributed by atoms with Gasteiger partial charge in [0.15, 0.2) is 5.79 Å². The molecule has 0 aromatic carbocycles. The van der Waals surface area contributed by atoms with Crippen LogP contribution in [0, 0.1) is 10.8 Å². The maximum absolute atomic E-state index is 12.6. The molecule has 4 unspecified atom stereocenters.